The number of carbonyl (C=O) groups excluding carboxylic acids is 1. The van der Waals surface area contributed by atoms with E-state index in [0.717, 1.165) is 22.2 Å². The van der Waals surface area contributed by atoms with Gasteiger partial charge in [0.2, 0.25) is 12.7 Å². The largest absolute Gasteiger partial charge is 0.488 e. The first-order chi connectivity index (χ1) is 18.8. The number of nitrogens with one attached hydrogen (secondary N) is 1. The van der Waals surface area contributed by atoms with Crippen molar-refractivity contribution < 1.29 is 23.4 Å². The number of rotatable bonds is 9. The lowest BCUT2D eigenvalue weighted by molar-refractivity contribution is -0.130. The summed E-state index contributed by atoms with van der Waals surface area (Å²) in [6.45, 7) is 5.81. The lowest BCUT2D eigenvalue weighted by Gasteiger charge is -2.31. The normalized spacial score (nSPS) is 14.7. The van der Waals surface area contributed by atoms with E-state index in [0.29, 0.717) is 24.4 Å². The highest BCUT2D eigenvalue weighted by Crippen LogP contribution is 2.27. The van der Waals surface area contributed by atoms with Gasteiger partial charge in [0.15, 0.2) is 0 Å². The number of fused-ring (bicyclic) bond motifs is 1. The molecule has 4 aromatic rings. The minimum Gasteiger partial charge on any atom is -0.488 e. The summed E-state index contributed by atoms with van der Waals surface area (Å²) in [5.74, 6) is 0.931. The van der Waals surface area contributed by atoms with Crippen LogP contribution in [0.25, 0.3) is 16.6 Å². The topological polar surface area (TPSA) is 74.6 Å². The van der Waals surface area contributed by atoms with Crippen molar-refractivity contribution in [2.24, 2.45) is 5.41 Å². The van der Waals surface area contributed by atoms with Gasteiger partial charge in [-0.3, -0.25) is 4.79 Å². The number of nitrogens with zero attached hydrogens (tertiary/aromatic N) is 2. The van der Waals surface area contributed by atoms with Crippen LogP contribution in [0.2, 0.25) is 0 Å². The molecule has 0 aliphatic carbocycles. The van der Waals surface area contributed by atoms with Gasteiger partial charge in [-0.25, -0.2) is 9.07 Å². The van der Waals surface area contributed by atoms with Crippen molar-refractivity contribution in [3.63, 3.8) is 0 Å². The third-order valence-electron chi connectivity index (χ3n) is 6.57. The Morgan fingerprint density at radius 1 is 1.08 bits per heavy atom. The molecule has 1 amide bonds. The molecule has 2 unspecified atom stereocenters. The minimum absolute atomic E-state index is 0.0790. The zero-order valence-electron chi connectivity index (χ0n) is 22.3. The van der Waals surface area contributed by atoms with Gasteiger partial charge in [0.1, 0.15) is 29.7 Å². The number of ether oxygens (including phenoxy) is 3. The Balaban J connectivity index is 1.46. The van der Waals surface area contributed by atoms with Gasteiger partial charge in [0.05, 0.1) is 23.4 Å². The molecule has 2 atom stereocenters. The smallest absolute Gasteiger partial charge is 0.229 e. The van der Waals surface area contributed by atoms with Gasteiger partial charge in [0, 0.05) is 23.6 Å². The van der Waals surface area contributed by atoms with E-state index >= 15 is 0 Å². The van der Waals surface area contributed by atoms with E-state index in [1.165, 1.54) is 12.1 Å². The number of aromatic nitrogens is 2. The average molecular weight is 530 g/mol. The van der Waals surface area contributed by atoms with Crippen LogP contribution >= 0.6 is 0 Å². The highest BCUT2D eigenvalue weighted by atomic mass is 19.1. The predicted octanol–water partition coefficient (Wildman–Crippen LogP) is 5.92. The summed E-state index contributed by atoms with van der Waals surface area (Å²) in [5.41, 5.74) is 2.14. The highest BCUT2D eigenvalue weighted by Gasteiger charge is 2.32. The molecule has 2 heterocycles. The van der Waals surface area contributed by atoms with Crippen LogP contribution in [-0.4, -0.2) is 34.6 Å². The van der Waals surface area contributed by atoms with Crippen LogP contribution < -0.4 is 10.1 Å². The van der Waals surface area contributed by atoms with E-state index in [9.17, 15) is 9.18 Å². The molecule has 1 N–H and O–H groups in total. The zero-order chi connectivity index (χ0) is 27.4. The first-order valence-electron chi connectivity index (χ1n) is 12.9. The third kappa shape index (κ3) is 6.39. The third-order valence-corrected chi connectivity index (χ3v) is 6.57. The number of hydrogen-bond acceptors (Lipinski definition) is 5. The van der Waals surface area contributed by atoms with Crippen LogP contribution in [-0.2, 0) is 20.7 Å². The first kappa shape index (κ1) is 26.3. The van der Waals surface area contributed by atoms with E-state index < -0.39 is 11.5 Å². The number of benzene rings is 3. The van der Waals surface area contributed by atoms with Crippen molar-refractivity contribution in [1.29, 1.82) is 0 Å². The maximum absolute atomic E-state index is 13.4. The molecule has 39 heavy (non-hydrogen) atoms. The van der Waals surface area contributed by atoms with Gasteiger partial charge < -0.3 is 19.5 Å². The number of carbonyl (C=O) groups is 1. The van der Waals surface area contributed by atoms with Crippen molar-refractivity contribution in [3.05, 3.63) is 102 Å². The van der Waals surface area contributed by atoms with Crippen molar-refractivity contribution in [2.75, 3.05) is 6.79 Å². The van der Waals surface area contributed by atoms with E-state index in [1.54, 1.807) is 29.3 Å². The molecule has 8 heteroatoms. The van der Waals surface area contributed by atoms with Gasteiger partial charge in [-0.15, -0.1) is 0 Å². The quantitative estimate of drug-likeness (QED) is 0.291. The van der Waals surface area contributed by atoms with Gasteiger partial charge in [-0.1, -0.05) is 51.1 Å². The molecule has 0 fully saturated rings. The van der Waals surface area contributed by atoms with Crippen LogP contribution in [0.5, 0.6) is 5.75 Å². The van der Waals surface area contributed by atoms with Gasteiger partial charge in [-0.2, -0.15) is 5.10 Å². The lowest BCUT2D eigenvalue weighted by atomic mass is 9.93. The average Bonchev–Trinajstić information content (AvgIpc) is 3.58. The van der Waals surface area contributed by atoms with Crippen LogP contribution in [0.3, 0.4) is 0 Å². The standard InChI is InChI=1S/C31H32FN3O4/c1-31(2,3)30(36)34-27(17-26-19-37-20-38-26)29(15-21-7-5-4-6-8-21)39-25-13-14-28-22(16-25)18-33-35(28)24-11-9-23(32)10-12-24/h4-14,16,18-19,27,29H,15,17,20H2,1-3H3,(H,34,36). The molecule has 1 aliphatic rings. The molecular weight excluding hydrogens is 497 g/mol. The minimum atomic E-state index is -0.579. The second kappa shape index (κ2) is 11.2. The monoisotopic (exact) mass is 529 g/mol. The molecule has 1 aliphatic heterocycles. The van der Waals surface area contributed by atoms with Crippen molar-refractivity contribution in [2.45, 2.75) is 45.8 Å². The molecule has 5 rings (SSSR count). The van der Waals surface area contributed by atoms with Crippen LogP contribution in [0.4, 0.5) is 4.39 Å². The SMILES string of the molecule is CC(C)(C)C(=O)NC(CC1=COCO1)C(Cc1ccccc1)Oc1ccc2c(cnn2-c2ccc(F)cc2)c1. The fourth-order valence-corrected chi connectivity index (χ4v) is 4.41. The second-order valence-electron chi connectivity index (χ2n) is 10.6. The van der Waals surface area contributed by atoms with Gasteiger partial charge in [0.25, 0.3) is 0 Å². The number of hydrogen-bond donors (Lipinski definition) is 1. The Bertz CT molecular complexity index is 1460. The van der Waals surface area contributed by atoms with Crippen molar-refractivity contribution in [3.8, 4) is 11.4 Å². The Morgan fingerprint density at radius 2 is 1.85 bits per heavy atom. The maximum atomic E-state index is 13.4. The summed E-state index contributed by atoms with van der Waals surface area (Å²) in [7, 11) is 0. The van der Waals surface area contributed by atoms with E-state index in [4.69, 9.17) is 14.2 Å². The zero-order valence-corrected chi connectivity index (χ0v) is 22.3. The van der Waals surface area contributed by atoms with Crippen LogP contribution in [0.15, 0.2) is 91.0 Å². The molecule has 3 aromatic carbocycles. The van der Waals surface area contributed by atoms with Crippen molar-refractivity contribution in [1.82, 2.24) is 15.1 Å². The predicted molar refractivity (Wildman–Crippen MR) is 147 cm³/mol. The van der Waals surface area contributed by atoms with Crippen LogP contribution in [0.1, 0.15) is 32.8 Å². The summed E-state index contributed by atoms with van der Waals surface area (Å²) in [6, 6.07) is 21.6. The van der Waals surface area contributed by atoms with Crippen molar-refractivity contribution >= 4 is 16.8 Å². The first-order valence-corrected chi connectivity index (χ1v) is 12.9. The number of amides is 1. The fourth-order valence-electron chi connectivity index (χ4n) is 4.41. The van der Waals surface area contributed by atoms with Gasteiger partial charge in [-0.05, 0) is 48.0 Å². The Labute approximate surface area is 227 Å². The van der Waals surface area contributed by atoms with Crippen LogP contribution in [0, 0.1) is 11.2 Å². The molecule has 0 bridgehead atoms. The van der Waals surface area contributed by atoms with E-state index in [2.05, 4.69) is 10.4 Å². The fraction of sp³-hybridized carbons (Fsp3) is 0.290. The van der Waals surface area contributed by atoms with E-state index in [1.807, 2.05) is 69.3 Å². The summed E-state index contributed by atoms with van der Waals surface area (Å²) in [4.78, 5) is 13.1. The summed E-state index contributed by atoms with van der Waals surface area (Å²) >= 11 is 0. The Morgan fingerprint density at radius 3 is 2.54 bits per heavy atom. The molecule has 0 saturated carbocycles. The lowest BCUT2D eigenvalue weighted by Crippen LogP contribution is -2.50. The number of halogens is 1. The summed E-state index contributed by atoms with van der Waals surface area (Å²) in [6.07, 6.45) is 3.92. The Hall–Kier alpha value is -4.33. The molecule has 0 radical (unpaired) electrons. The second-order valence-corrected chi connectivity index (χ2v) is 10.6. The maximum Gasteiger partial charge on any atom is 0.229 e. The molecule has 0 spiro atoms. The highest BCUT2D eigenvalue weighted by molar-refractivity contribution is 5.82. The molecule has 0 saturated heterocycles. The molecule has 1 aromatic heterocycles. The van der Waals surface area contributed by atoms with Gasteiger partial charge >= 0.3 is 0 Å². The molecule has 202 valence electrons. The summed E-state index contributed by atoms with van der Waals surface area (Å²) < 4.78 is 32.7. The summed E-state index contributed by atoms with van der Waals surface area (Å²) in [5, 5.41) is 8.58. The molecular formula is C31H32FN3O4. The van der Waals surface area contributed by atoms with E-state index in [-0.39, 0.29) is 24.6 Å². The molecule has 7 nitrogen and oxygen atoms in total. The Kier molecular flexibility index (Phi) is 7.54.